The highest BCUT2D eigenvalue weighted by Crippen LogP contribution is 2.33. The summed E-state index contributed by atoms with van der Waals surface area (Å²) in [5.41, 5.74) is 5.50. The van der Waals surface area contributed by atoms with Crippen LogP contribution in [0.25, 0.3) is 0 Å². The lowest BCUT2D eigenvalue weighted by molar-refractivity contribution is -0.135. The number of fused-ring (bicyclic) bond motifs is 1. The molecule has 0 amide bonds. The Labute approximate surface area is 84.3 Å². The van der Waals surface area contributed by atoms with E-state index in [1.807, 2.05) is 0 Å². The summed E-state index contributed by atoms with van der Waals surface area (Å²) >= 11 is 0. The first-order chi connectivity index (χ1) is 6.52. The van der Waals surface area contributed by atoms with Gasteiger partial charge in [0.15, 0.2) is 0 Å². The molecule has 2 aliphatic heterocycles. The molecule has 2 saturated heterocycles. The molecule has 0 aromatic heterocycles. The maximum absolute atomic E-state index is 11.3. The van der Waals surface area contributed by atoms with Crippen LogP contribution in [0.4, 0.5) is 0 Å². The summed E-state index contributed by atoms with van der Waals surface area (Å²) < 4.78 is 29.7. The second-order valence-corrected chi connectivity index (χ2v) is 5.94. The molecular formula is C8H16N2O3S. The number of hydrogen-bond donors (Lipinski definition) is 1. The average Bonchev–Trinajstić information content (AvgIpc) is 2.04. The highest BCUT2D eigenvalue weighted by Gasteiger charge is 2.47. The third-order valence-electron chi connectivity index (χ3n) is 3.00. The largest absolute Gasteiger partial charge is 0.371 e. The van der Waals surface area contributed by atoms with Crippen molar-refractivity contribution in [2.75, 3.05) is 19.3 Å². The number of rotatable bonds is 2. The van der Waals surface area contributed by atoms with Gasteiger partial charge in [0.25, 0.3) is 0 Å². The number of hydrogen-bond acceptors (Lipinski definition) is 4. The third-order valence-corrected chi connectivity index (χ3v) is 4.27. The fraction of sp³-hybridized carbons (Fsp3) is 1.00. The van der Waals surface area contributed by atoms with Crippen molar-refractivity contribution in [3.63, 3.8) is 0 Å². The minimum atomic E-state index is -3.04. The third kappa shape index (κ3) is 1.67. The molecule has 2 aliphatic rings. The van der Waals surface area contributed by atoms with Crippen molar-refractivity contribution in [1.82, 2.24) is 4.31 Å². The number of nitrogens with zero attached hydrogens (tertiary/aromatic N) is 1. The van der Waals surface area contributed by atoms with E-state index < -0.39 is 10.0 Å². The average molecular weight is 220 g/mol. The highest BCUT2D eigenvalue weighted by atomic mass is 32.2. The Hall–Kier alpha value is -0.170. The van der Waals surface area contributed by atoms with Crippen molar-refractivity contribution in [2.45, 2.75) is 31.1 Å². The van der Waals surface area contributed by atoms with Crippen molar-refractivity contribution in [3.8, 4) is 0 Å². The second kappa shape index (κ2) is 3.44. The molecule has 5 nitrogen and oxygen atoms in total. The van der Waals surface area contributed by atoms with Gasteiger partial charge in [0.1, 0.15) is 0 Å². The summed E-state index contributed by atoms with van der Waals surface area (Å²) in [5, 5.41) is 0. The Kier molecular flexibility index (Phi) is 2.55. The molecule has 0 aromatic carbocycles. The van der Waals surface area contributed by atoms with Crippen LogP contribution in [0.5, 0.6) is 0 Å². The molecule has 2 N–H and O–H groups in total. The molecule has 0 spiro atoms. The lowest BCUT2D eigenvalue weighted by Crippen LogP contribution is -2.65. The van der Waals surface area contributed by atoms with Crippen LogP contribution >= 0.6 is 0 Å². The van der Waals surface area contributed by atoms with Crippen LogP contribution < -0.4 is 5.73 Å². The van der Waals surface area contributed by atoms with Crippen LogP contribution in [-0.2, 0) is 14.8 Å². The van der Waals surface area contributed by atoms with E-state index in [2.05, 4.69) is 0 Å². The topological polar surface area (TPSA) is 72.6 Å². The predicted molar refractivity (Wildman–Crippen MR) is 52.3 cm³/mol. The van der Waals surface area contributed by atoms with Crippen LogP contribution in [0.2, 0.25) is 0 Å². The van der Waals surface area contributed by atoms with E-state index in [1.54, 1.807) is 0 Å². The molecular weight excluding hydrogens is 204 g/mol. The second-order valence-electron chi connectivity index (χ2n) is 4.01. The SMILES string of the molecule is CS(=O)(=O)N1C[C@H]2O[C@H](CN)CC[C@H]21. The summed E-state index contributed by atoms with van der Waals surface area (Å²) in [4.78, 5) is 0. The number of sulfonamides is 1. The van der Waals surface area contributed by atoms with Gasteiger partial charge in [-0.15, -0.1) is 0 Å². The molecule has 0 radical (unpaired) electrons. The smallest absolute Gasteiger partial charge is 0.211 e. The van der Waals surface area contributed by atoms with Gasteiger partial charge in [0.05, 0.1) is 24.5 Å². The normalized spacial score (nSPS) is 38.9. The summed E-state index contributed by atoms with van der Waals surface area (Å²) in [6.45, 7) is 1.03. The molecule has 0 unspecified atom stereocenters. The first-order valence-electron chi connectivity index (χ1n) is 4.84. The van der Waals surface area contributed by atoms with Gasteiger partial charge in [0, 0.05) is 13.1 Å². The van der Waals surface area contributed by atoms with Crippen LogP contribution in [0.3, 0.4) is 0 Å². The van der Waals surface area contributed by atoms with Gasteiger partial charge in [-0.1, -0.05) is 0 Å². The van der Waals surface area contributed by atoms with Gasteiger partial charge >= 0.3 is 0 Å². The first-order valence-corrected chi connectivity index (χ1v) is 6.69. The fourth-order valence-corrected chi connectivity index (χ4v) is 3.32. The predicted octanol–water partition coefficient (Wildman–Crippen LogP) is -0.863. The quantitative estimate of drug-likeness (QED) is 0.657. The molecule has 0 aromatic rings. The summed E-state index contributed by atoms with van der Waals surface area (Å²) in [5.74, 6) is 0. The molecule has 14 heavy (non-hydrogen) atoms. The van der Waals surface area contributed by atoms with Gasteiger partial charge in [-0.05, 0) is 12.8 Å². The van der Waals surface area contributed by atoms with Crippen molar-refractivity contribution in [2.24, 2.45) is 5.73 Å². The summed E-state index contributed by atoms with van der Waals surface area (Å²) in [6, 6.07) is 0.0628. The summed E-state index contributed by atoms with van der Waals surface area (Å²) in [7, 11) is -3.04. The molecule has 6 heteroatoms. The molecule has 2 fully saturated rings. The molecule has 82 valence electrons. The van der Waals surface area contributed by atoms with E-state index in [4.69, 9.17) is 10.5 Å². The maximum atomic E-state index is 11.3. The number of nitrogens with two attached hydrogens (primary N) is 1. The minimum Gasteiger partial charge on any atom is -0.371 e. The molecule has 0 aliphatic carbocycles. The maximum Gasteiger partial charge on any atom is 0.211 e. The van der Waals surface area contributed by atoms with Gasteiger partial charge in [0.2, 0.25) is 10.0 Å². The Bertz CT molecular complexity index is 317. The zero-order chi connectivity index (χ0) is 10.3. The van der Waals surface area contributed by atoms with Crippen LogP contribution in [0.1, 0.15) is 12.8 Å². The van der Waals surface area contributed by atoms with Crippen molar-refractivity contribution < 1.29 is 13.2 Å². The minimum absolute atomic E-state index is 0.0628. The Balaban J connectivity index is 1.98. The molecule has 0 bridgehead atoms. The number of ether oxygens (including phenoxy) is 1. The molecule has 0 saturated carbocycles. The van der Waals surface area contributed by atoms with Crippen LogP contribution in [0.15, 0.2) is 0 Å². The highest BCUT2D eigenvalue weighted by molar-refractivity contribution is 7.88. The zero-order valence-electron chi connectivity index (χ0n) is 8.22. The first kappa shape index (κ1) is 10.4. The lowest BCUT2D eigenvalue weighted by Gasteiger charge is -2.50. The molecule has 2 heterocycles. The van der Waals surface area contributed by atoms with E-state index in [0.29, 0.717) is 13.1 Å². The Morgan fingerprint density at radius 1 is 1.50 bits per heavy atom. The fourth-order valence-electron chi connectivity index (χ4n) is 2.17. The summed E-state index contributed by atoms with van der Waals surface area (Å²) in [6.07, 6.45) is 3.19. The molecule has 3 atom stereocenters. The van der Waals surface area contributed by atoms with Gasteiger partial charge in [-0.25, -0.2) is 8.42 Å². The Morgan fingerprint density at radius 2 is 2.21 bits per heavy atom. The van der Waals surface area contributed by atoms with Crippen molar-refractivity contribution in [1.29, 1.82) is 0 Å². The van der Waals surface area contributed by atoms with Gasteiger partial charge in [-0.3, -0.25) is 0 Å². The monoisotopic (exact) mass is 220 g/mol. The Morgan fingerprint density at radius 3 is 2.71 bits per heavy atom. The van der Waals surface area contributed by atoms with E-state index in [-0.39, 0.29) is 18.2 Å². The van der Waals surface area contributed by atoms with E-state index in [9.17, 15) is 8.42 Å². The molecule has 2 rings (SSSR count). The standard InChI is InChI=1S/C8H16N2O3S/c1-14(11,12)10-5-8-7(10)3-2-6(4-9)13-8/h6-8H,2-5,9H2,1H3/t6-,7+,8+/m0/s1. The van der Waals surface area contributed by atoms with E-state index in [0.717, 1.165) is 12.8 Å². The van der Waals surface area contributed by atoms with E-state index >= 15 is 0 Å². The van der Waals surface area contributed by atoms with Gasteiger partial charge < -0.3 is 10.5 Å². The van der Waals surface area contributed by atoms with Crippen LogP contribution in [0, 0.1) is 0 Å². The van der Waals surface area contributed by atoms with Crippen LogP contribution in [-0.4, -0.2) is 50.3 Å². The lowest BCUT2D eigenvalue weighted by atomic mass is 9.92. The van der Waals surface area contributed by atoms with Crippen molar-refractivity contribution >= 4 is 10.0 Å². The van der Waals surface area contributed by atoms with E-state index in [1.165, 1.54) is 10.6 Å². The zero-order valence-corrected chi connectivity index (χ0v) is 9.03. The van der Waals surface area contributed by atoms with Crippen molar-refractivity contribution in [3.05, 3.63) is 0 Å². The van der Waals surface area contributed by atoms with Gasteiger partial charge in [-0.2, -0.15) is 4.31 Å².